The first-order valence-electron chi connectivity index (χ1n) is 8.54. The van der Waals surface area contributed by atoms with Crippen LogP contribution in [0.4, 0.5) is 5.69 Å². The van der Waals surface area contributed by atoms with Crippen molar-refractivity contribution in [1.29, 1.82) is 0 Å². The van der Waals surface area contributed by atoms with E-state index in [0.717, 1.165) is 24.1 Å². The molecule has 0 saturated heterocycles. The van der Waals surface area contributed by atoms with Gasteiger partial charge in [-0.2, -0.15) is 0 Å². The summed E-state index contributed by atoms with van der Waals surface area (Å²) in [6.45, 7) is 0.179. The number of hydrogen-bond acceptors (Lipinski definition) is 3. The van der Waals surface area contributed by atoms with Crippen LogP contribution in [0.3, 0.4) is 0 Å². The predicted molar refractivity (Wildman–Crippen MR) is 98.0 cm³/mol. The molecule has 1 saturated carbocycles. The van der Waals surface area contributed by atoms with Crippen molar-refractivity contribution in [3.8, 4) is 0 Å². The highest BCUT2D eigenvalue weighted by Crippen LogP contribution is 2.22. The summed E-state index contributed by atoms with van der Waals surface area (Å²) in [5, 5.41) is 5.90. The van der Waals surface area contributed by atoms with Gasteiger partial charge in [-0.3, -0.25) is 14.5 Å². The maximum Gasteiger partial charge on any atom is 0.246 e. The molecule has 2 N–H and O–H groups in total. The molecule has 1 aliphatic carbocycles. The molecule has 0 aromatic heterocycles. The zero-order valence-electron chi connectivity index (χ0n) is 14.3. The van der Waals surface area contributed by atoms with Gasteiger partial charge in [0.25, 0.3) is 0 Å². The fourth-order valence-electron chi connectivity index (χ4n) is 2.79. The minimum Gasteiger partial charge on any atom is -0.352 e. The van der Waals surface area contributed by atoms with Gasteiger partial charge in [-0.05, 0) is 37.6 Å². The van der Waals surface area contributed by atoms with Crippen molar-refractivity contribution in [2.45, 2.75) is 24.9 Å². The zero-order chi connectivity index (χ0) is 17.6. The molecule has 2 aromatic rings. The second-order valence-electron chi connectivity index (χ2n) is 6.43. The number of hydrogen-bond donors (Lipinski definition) is 2. The first kappa shape index (κ1) is 17.2. The van der Waals surface area contributed by atoms with Crippen molar-refractivity contribution in [2.24, 2.45) is 0 Å². The number of anilines is 1. The summed E-state index contributed by atoms with van der Waals surface area (Å²) < 4.78 is 0. The Balaban J connectivity index is 1.74. The SMILES string of the molecule is CN(CC(=O)NC1CC1)C(C(=O)Nc1ccccc1)c1ccccc1. The summed E-state index contributed by atoms with van der Waals surface area (Å²) >= 11 is 0. The molecular weight excluding hydrogens is 314 g/mol. The van der Waals surface area contributed by atoms with Crippen LogP contribution in [0.1, 0.15) is 24.4 Å². The van der Waals surface area contributed by atoms with Gasteiger partial charge < -0.3 is 10.6 Å². The normalized spacial score (nSPS) is 14.8. The lowest BCUT2D eigenvalue weighted by Gasteiger charge is -2.27. The van der Waals surface area contributed by atoms with Gasteiger partial charge in [0, 0.05) is 11.7 Å². The largest absolute Gasteiger partial charge is 0.352 e. The van der Waals surface area contributed by atoms with Crippen molar-refractivity contribution < 1.29 is 9.59 Å². The number of nitrogens with zero attached hydrogens (tertiary/aromatic N) is 1. The summed E-state index contributed by atoms with van der Waals surface area (Å²) in [6.07, 6.45) is 2.10. The molecule has 1 fully saturated rings. The maximum atomic E-state index is 12.9. The lowest BCUT2D eigenvalue weighted by molar-refractivity contribution is -0.125. The zero-order valence-corrected chi connectivity index (χ0v) is 14.3. The number of benzene rings is 2. The van der Waals surface area contributed by atoms with Crippen LogP contribution in [0.15, 0.2) is 60.7 Å². The monoisotopic (exact) mass is 337 g/mol. The van der Waals surface area contributed by atoms with E-state index in [0.29, 0.717) is 6.04 Å². The Bertz CT molecular complexity index is 714. The number of nitrogens with one attached hydrogen (secondary N) is 2. The smallest absolute Gasteiger partial charge is 0.246 e. The molecule has 25 heavy (non-hydrogen) atoms. The number of likely N-dealkylation sites (N-methyl/N-ethyl adjacent to an activating group) is 1. The van der Waals surface area contributed by atoms with Gasteiger partial charge >= 0.3 is 0 Å². The highest BCUT2D eigenvalue weighted by atomic mass is 16.2. The van der Waals surface area contributed by atoms with Crippen molar-refractivity contribution in [3.05, 3.63) is 66.2 Å². The Morgan fingerprint density at radius 3 is 2.24 bits per heavy atom. The molecule has 130 valence electrons. The second-order valence-corrected chi connectivity index (χ2v) is 6.43. The molecular formula is C20H23N3O2. The molecule has 0 radical (unpaired) electrons. The van der Waals surface area contributed by atoms with E-state index in [1.54, 1.807) is 11.9 Å². The van der Waals surface area contributed by atoms with Crippen LogP contribution in [0.2, 0.25) is 0 Å². The van der Waals surface area contributed by atoms with E-state index >= 15 is 0 Å². The molecule has 1 unspecified atom stereocenters. The summed E-state index contributed by atoms with van der Waals surface area (Å²) in [4.78, 5) is 26.8. The van der Waals surface area contributed by atoms with Gasteiger partial charge in [0.2, 0.25) is 11.8 Å². The van der Waals surface area contributed by atoms with Crippen molar-refractivity contribution >= 4 is 17.5 Å². The molecule has 0 heterocycles. The van der Waals surface area contributed by atoms with E-state index in [1.165, 1.54) is 0 Å². The van der Waals surface area contributed by atoms with Crippen LogP contribution >= 0.6 is 0 Å². The summed E-state index contributed by atoms with van der Waals surface area (Å²) in [7, 11) is 1.80. The second kappa shape index (κ2) is 7.94. The maximum absolute atomic E-state index is 12.9. The average Bonchev–Trinajstić information content (AvgIpc) is 3.40. The molecule has 0 aliphatic heterocycles. The van der Waals surface area contributed by atoms with Gasteiger partial charge in [-0.15, -0.1) is 0 Å². The third-order valence-corrected chi connectivity index (χ3v) is 4.18. The molecule has 5 heteroatoms. The van der Waals surface area contributed by atoms with Crippen LogP contribution in [-0.2, 0) is 9.59 Å². The third kappa shape index (κ3) is 4.90. The van der Waals surface area contributed by atoms with Gasteiger partial charge in [0.15, 0.2) is 0 Å². The summed E-state index contributed by atoms with van der Waals surface area (Å²) in [6, 6.07) is 18.6. The van der Waals surface area contributed by atoms with E-state index in [4.69, 9.17) is 0 Å². The molecule has 5 nitrogen and oxygen atoms in total. The topological polar surface area (TPSA) is 61.4 Å². The van der Waals surface area contributed by atoms with Crippen molar-refractivity contribution in [2.75, 3.05) is 18.9 Å². The predicted octanol–water partition coefficient (Wildman–Crippen LogP) is 2.58. The number of amides is 2. The van der Waals surface area contributed by atoms with Gasteiger partial charge in [-0.1, -0.05) is 48.5 Å². The minimum atomic E-state index is -0.536. The first-order valence-corrected chi connectivity index (χ1v) is 8.54. The van der Waals surface area contributed by atoms with E-state index in [-0.39, 0.29) is 18.4 Å². The summed E-state index contributed by atoms with van der Waals surface area (Å²) in [5.74, 6) is -0.197. The number of carbonyl (C=O) groups is 2. The van der Waals surface area contributed by atoms with Gasteiger partial charge in [-0.25, -0.2) is 0 Å². The third-order valence-electron chi connectivity index (χ3n) is 4.18. The molecule has 1 atom stereocenters. The lowest BCUT2D eigenvalue weighted by Crippen LogP contribution is -2.41. The van der Waals surface area contributed by atoms with E-state index in [9.17, 15) is 9.59 Å². The van der Waals surface area contributed by atoms with Crippen molar-refractivity contribution in [1.82, 2.24) is 10.2 Å². The highest BCUT2D eigenvalue weighted by Gasteiger charge is 2.28. The molecule has 0 bridgehead atoms. The minimum absolute atomic E-state index is 0.0431. The fraction of sp³-hybridized carbons (Fsp3) is 0.300. The molecule has 3 rings (SSSR count). The number of para-hydroxylation sites is 1. The van der Waals surface area contributed by atoms with Crippen LogP contribution in [-0.4, -0.2) is 36.3 Å². The highest BCUT2D eigenvalue weighted by molar-refractivity contribution is 5.95. The van der Waals surface area contributed by atoms with Crippen molar-refractivity contribution in [3.63, 3.8) is 0 Å². The Labute approximate surface area is 148 Å². The number of carbonyl (C=O) groups excluding carboxylic acids is 2. The van der Waals surface area contributed by atoms with Crippen LogP contribution in [0.25, 0.3) is 0 Å². The Hall–Kier alpha value is -2.66. The summed E-state index contributed by atoms with van der Waals surface area (Å²) in [5.41, 5.74) is 1.60. The van der Waals surface area contributed by atoms with Gasteiger partial charge in [0.05, 0.1) is 6.54 Å². The van der Waals surface area contributed by atoms with Crippen LogP contribution in [0.5, 0.6) is 0 Å². The number of rotatable bonds is 7. The standard InChI is InChI=1S/C20H23N3O2/c1-23(14-18(24)21-17-12-13-17)19(15-8-4-2-5-9-15)20(25)22-16-10-6-3-7-11-16/h2-11,17,19H,12-14H2,1H3,(H,21,24)(H,22,25). The molecule has 1 aliphatic rings. The lowest BCUT2D eigenvalue weighted by atomic mass is 10.0. The van der Waals surface area contributed by atoms with Crippen LogP contribution in [0, 0.1) is 0 Å². The van der Waals surface area contributed by atoms with Gasteiger partial charge in [0.1, 0.15) is 6.04 Å². The van der Waals surface area contributed by atoms with Crippen LogP contribution < -0.4 is 10.6 Å². The Kier molecular flexibility index (Phi) is 5.46. The van der Waals surface area contributed by atoms with E-state index in [1.807, 2.05) is 60.7 Å². The Morgan fingerprint density at radius 1 is 1.04 bits per heavy atom. The molecule has 2 amide bonds. The average molecular weight is 337 g/mol. The Morgan fingerprint density at radius 2 is 1.64 bits per heavy atom. The fourth-order valence-corrected chi connectivity index (χ4v) is 2.79. The van der Waals surface area contributed by atoms with E-state index in [2.05, 4.69) is 10.6 Å². The molecule has 0 spiro atoms. The molecule has 2 aromatic carbocycles. The first-order chi connectivity index (χ1) is 12.1. The van der Waals surface area contributed by atoms with E-state index < -0.39 is 6.04 Å². The quantitative estimate of drug-likeness (QED) is 0.816.